The van der Waals surface area contributed by atoms with Gasteiger partial charge in [-0.3, -0.25) is 0 Å². The molecule has 0 N–H and O–H groups in total. The molecule has 0 fully saturated rings. The van der Waals surface area contributed by atoms with Crippen molar-refractivity contribution in [1.82, 2.24) is 9.55 Å². The van der Waals surface area contributed by atoms with Crippen LogP contribution in [-0.2, 0) is 0 Å². The molecule has 0 aliphatic rings. The van der Waals surface area contributed by atoms with Gasteiger partial charge in [-0.15, -0.1) is 11.3 Å². The second kappa shape index (κ2) is 11.4. The lowest BCUT2D eigenvalue weighted by molar-refractivity contribution is 0.623. The molecule has 0 aliphatic carbocycles. The molecule has 11 rings (SSSR count). The maximum Gasteiger partial charge on any atom is 0.227 e. The lowest BCUT2D eigenvalue weighted by atomic mass is 10.0. The summed E-state index contributed by atoms with van der Waals surface area (Å²) in [5, 5.41) is 7.05. The van der Waals surface area contributed by atoms with Gasteiger partial charge in [-0.25, -0.2) is 4.98 Å². The van der Waals surface area contributed by atoms with Crippen LogP contribution in [0, 0.1) is 0 Å². The third-order valence-corrected chi connectivity index (χ3v) is 11.3. The quantitative estimate of drug-likeness (QED) is 0.181. The van der Waals surface area contributed by atoms with Crippen molar-refractivity contribution in [3.8, 4) is 17.1 Å². The highest BCUT2D eigenvalue weighted by atomic mass is 32.1. The number of anilines is 3. The predicted molar refractivity (Wildman–Crippen MR) is 219 cm³/mol. The minimum absolute atomic E-state index is 0.616. The van der Waals surface area contributed by atoms with E-state index in [1.165, 1.54) is 42.0 Å². The Morgan fingerprint density at radius 2 is 1.21 bits per heavy atom. The molecule has 0 atom stereocenters. The highest BCUT2D eigenvalue weighted by molar-refractivity contribution is 7.25. The first kappa shape index (κ1) is 29.1. The van der Waals surface area contributed by atoms with Crippen molar-refractivity contribution < 1.29 is 4.42 Å². The summed E-state index contributed by atoms with van der Waals surface area (Å²) in [6.45, 7) is 0. The Labute approximate surface area is 303 Å². The van der Waals surface area contributed by atoms with Gasteiger partial charge in [-0.05, 0) is 90.3 Å². The molecule has 0 saturated carbocycles. The van der Waals surface area contributed by atoms with E-state index in [-0.39, 0.29) is 0 Å². The molecule has 4 nitrogen and oxygen atoms in total. The van der Waals surface area contributed by atoms with E-state index in [0.717, 1.165) is 50.2 Å². The van der Waals surface area contributed by atoms with Gasteiger partial charge in [0.15, 0.2) is 5.58 Å². The van der Waals surface area contributed by atoms with E-state index in [2.05, 4.69) is 155 Å². The van der Waals surface area contributed by atoms with E-state index < -0.39 is 0 Å². The molecule has 52 heavy (non-hydrogen) atoms. The van der Waals surface area contributed by atoms with E-state index >= 15 is 0 Å². The molecule has 0 amide bonds. The molecule has 0 unspecified atom stereocenters. The average molecular weight is 684 g/mol. The number of oxazole rings is 1. The van der Waals surface area contributed by atoms with E-state index in [1.54, 1.807) is 0 Å². The van der Waals surface area contributed by atoms with Crippen molar-refractivity contribution in [2.24, 2.45) is 0 Å². The number of hydrogen-bond donors (Lipinski definition) is 0. The van der Waals surface area contributed by atoms with Crippen LogP contribution < -0.4 is 4.90 Å². The predicted octanol–water partition coefficient (Wildman–Crippen LogP) is 13.6. The smallest absolute Gasteiger partial charge is 0.227 e. The third-order valence-electron chi connectivity index (χ3n) is 10.2. The summed E-state index contributed by atoms with van der Waals surface area (Å²) in [6.07, 6.45) is 0. The molecule has 0 radical (unpaired) electrons. The fraction of sp³-hybridized carbons (Fsp3) is 0. The van der Waals surface area contributed by atoms with Crippen LogP contribution >= 0.6 is 11.3 Å². The number of nitrogens with zero attached hydrogens (tertiary/aromatic N) is 3. The number of rotatable bonds is 5. The summed E-state index contributed by atoms with van der Waals surface area (Å²) in [5.74, 6) is 0.616. The van der Waals surface area contributed by atoms with Gasteiger partial charge in [-0.1, -0.05) is 91.0 Å². The summed E-state index contributed by atoms with van der Waals surface area (Å²) in [5.41, 5.74) is 9.23. The van der Waals surface area contributed by atoms with E-state index in [4.69, 9.17) is 9.40 Å². The van der Waals surface area contributed by atoms with Crippen molar-refractivity contribution in [2.45, 2.75) is 0 Å². The van der Waals surface area contributed by atoms with Crippen LogP contribution in [0.1, 0.15) is 0 Å². The van der Waals surface area contributed by atoms with Gasteiger partial charge < -0.3 is 13.9 Å². The van der Waals surface area contributed by atoms with Crippen molar-refractivity contribution in [3.05, 3.63) is 176 Å². The molecule has 0 saturated heterocycles. The topological polar surface area (TPSA) is 34.2 Å². The Balaban J connectivity index is 1.21. The molecular weight excluding hydrogens is 655 g/mol. The molecule has 3 aromatic heterocycles. The number of hydrogen-bond acceptors (Lipinski definition) is 4. The van der Waals surface area contributed by atoms with Crippen molar-refractivity contribution >= 4 is 92.2 Å². The standard InChI is InChI=1S/C47H29N3OS/c1-3-12-31(13-4-1)47-48-39-25-22-30-14-11-20-42(45(30)46(39)51-47)49(34-24-27-44-38(29-34)36-18-8-10-21-43(36)52-44)33-23-26-41-37(28-33)35-17-7-9-19-40(35)50(41)32-15-5-2-6-16-32/h1-29H. The first-order valence-corrected chi connectivity index (χ1v) is 18.3. The molecule has 0 bridgehead atoms. The minimum atomic E-state index is 0.616. The molecular formula is C47H29N3OS. The van der Waals surface area contributed by atoms with Gasteiger partial charge in [0.25, 0.3) is 0 Å². The Hall–Kier alpha value is -6.69. The third kappa shape index (κ3) is 4.43. The molecule has 5 heteroatoms. The second-order valence-electron chi connectivity index (χ2n) is 13.2. The maximum atomic E-state index is 6.69. The minimum Gasteiger partial charge on any atom is -0.435 e. The monoisotopic (exact) mass is 683 g/mol. The lowest BCUT2D eigenvalue weighted by Gasteiger charge is -2.27. The van der Waals surface area contributed by atoms with Gasteiger partial charge in [-0.2, -0.15) is 0 Å². The largest absolute Gasteiger partial charge is 0.435 e. The average Bonchev–Trinajstić information content (AvgIpc) is 3.91. The first-order chi connectivity index (χ1) is 25.8. The van der Waals surface area contributed by atoms with Gasteiger partial charge in [0.1, 0.15) is 5.52 Å². The van der Waals surface area contributed by atoms with Crippen LogP contribution in [0.15, 0.2) is 180 Å². The Morgan fingerprint density at radius 1 is 0.519 bits per heavy atom. The number of fused-ring (bicyclic) bond motifs is 9. The summed E-state index contributed by atoms with van der Waals surface area (Å²) >= 11 is 1.84. The number of para-hydroxylation sites is 2. The Morgan fingerprint density at radius 3 is 2.08 bits per heavy atom. The second-order valence-corrected chi connectivity index (χ2v) is 14.3. The van der Waals surface area contributed by atoms with Crippen molar-refractivity contribution in [2.75, 3.05) is 4.90 Å². The molecule has 3 heterocycles. The molecule has 8 aromatic carbocycles. The highest BCUT2D eigenvalue weighted by Crippen LogP contribution is 2.46. The Kier molecular flexibility index (Phi) is 6.39. The van der Waals surface area contributed by atoms with Gasteiger partial charge in [0.05, 0.1) is 22.1 Å². The Bertz CT molecular complexity index is 3140. The van der Waals surface area contributed by atoms with E-state index in [1.807, 2.05) is 41.7 Å². The molecule has 0 aliphatic heterocycles. The number of benzene rings is 8. The summed E-state index contributed by atoms with van der Waals surface area (Å²) in [6, 6.07) is 62.6. The SMILES string of the molecule is c1ccc(-c2nc3ccc4cccc(N(c5ccc6sc7ccccc7c6c5)c5ccc6c(c5)c5ccccc5n6-c5ccccc5)c4c3o2)cc1. The van der Waals surface area contributed by atoms with Crippen molar-refractivity contribution in [3.63, 3.8) is 0 Å². The summed E-state index contributed by atoms with van der Waals surface area (Å²) < 4.78 is 11.6. The number of aromatic nitrogens is 2. The zero-order valence-corrected chi connectivity index (χ0v) is 28.7. The number of thiophene rings is 1. The zero-order chi connectivity index (χ0) is 34.2. The summed E-state index contributed by atoms with van der Waals surface area (Å²) in [4.78, 5) is 7.36. The lowest BCUT2D eigenvalue weighted by Crippen LogP contribution is -2.10. The van der Waals surface area contributed by atoms with Crippen molar-refractivity contribution in [1.29, 1.82) is 0 Å². The maximum absolute atomic E-state index is 6.69. The molecule has 244 valence electrons. The van der Waals surface area contributed by atoms with Gasteiger partial charge >= 0.3 is 0 Å². The molecule has 11 aromatic rings. The van der Waals surface area contributed by atoms with Crippen LogP contribution in [0.2, 0.25) is 0 Å². The van der Waals surface area contributed by atoms with Crippen LogP contribution in [0.3, 0.4) is 0 Å². The fourth-order valence-corrected chi connectivity index (χ4v) is 8.95. The first-order valence-electron chi connectivity index (χ1n) is 17.5. The van der Waals surface area contributed by atoms with Crippen LogP contribution in [0.4, 0.5) is 17.1 Å². The van der Waals surface area contributed by atoms with Crippen LogP contribution in [0.5, 0.6) is 0 Å². The van der Waals surface area contributed by atoms with E-state index in [9.17, 15) is 0 Å². The normalized spacial score (nSPS) is 11.8. The van der Waals surface area contributed by atoms with Crippen LogP contribution in [-0.4, -0.2) is 9.55 Å². The van der Waals surface area contributed by atoms with E-state index in [0.29, 0.717) is 5.89 Å². The summed E-state index contributed by atoms with van der Waals surface area (Å²) in [7, 11) is 0. The van der Waals surface area contributed by atoms with Crippen LogP contribution in [0.25, 0.3) is 81.0 Å². The van der Waals surface area contributed by atoms with Gasteiger partial charge in [0.2, 0.25) is 5.89 Å². The fourth-order valence-electron chi connectivity index (χ4n) is 7.86. The highest BCUT2D eigenvalue weighted by Gasteiger charge is 2.22. The molecule has 0 spiro atoms. The zero-order valence-electron chi connectivity index (χ0n) is 27.9. The van der Waals surface area contributed by atoms with Gasteiger partial charge in [0, 0.05) is 53.6 Å².